The van der Waals surface area contributed by atoms with E-state index in [0.29, 0.717) is 42.4 Å². The van der Waals surface area contributed by atoms with Gasteiger partial charge in [-0.2, -0.15) is 8.42 Å². The van der Waals surface area contributed by atoms with E-state index in [1.807, 2.05) is 0 Å². The van der Waals surface area contributed by atoms with Crippen LogP contribution in [0.2, 0.25) is 0 Å². The Morgan fingerprint density at radius 1 is 1.03 bits per heavy atom. The first-order chi connectivity index (χ1) is 16.3. The SMILES string of the molecule is CC(CS(=O)(=O)O)NC(=O)CCC(C)C1CCC2C3CCC4CC(O)CCC4(C)C3CC(O)C12C. The molecule has 0 saturated heterocycles. The molecule has 0 aromatic rings. The van der Waals surface area contributed by atoms with E-state index in [1.54, 1.807) is 6.92 Å². The van der Waals surface area contributed by atoms with Crippen molar-refractivity contribution in [2.75, 3.05) is 5.75 Å². The molecule has 0 radical (unpaired) electrons. The number of aliphatic hydroxyl groups excluding tert-OH is 2. The van der Waals surface area contributed by atoms with Crippen LogP contribution in [0, 0.1) is 46.3 Å². The van der Waals surface area contributed by atoms with E-state index in [1.165, 1.54) is 12.8 Å². The molecule has 8 heteroatoms. The Balaban J connectivity index is 1.40. The highest BCUT2D eigenvalue weighted by atomic mass is 32.2. The number of carbonyl (C=O) groups is 1. The average Bonchev–Trinajstić information content (AvgIpc) is 3.11. The molecule has 0 aliphatic heterocycles. The first-order valence-corrected chi connectivity index (χ1v) is 15.5. The molecule has 4 aliphatic carbocycles. The van der Waals surface area contributed by atoms with Crippen LogP contribution in [0.1, 0.15) is 91.9 Å². The quantitative estimate of drug-likeness (QED) is 0.384. The van der Waals surface area contributed by atoms with Crippen LogP contribution in [0.5, 0.6) is 0 Å². The molecule has 0 bridgehead atoms. The number of hydrogen-bond acceptors (Lipinski definition) is 5. The molecule has 7 nitrogen and oxygen atoms in total. The minimum atomic E-state index is -4.12. The zero-order valence-corrected chi connectivity index (χ0v) is 22.8. The van der Waals surface area contributed by atoms with Crippen molar-refractivity contribution in [3.63, 3.8) is 0 Å². The van der Waals surface area contributed by atoms with Crippen molar-refractivity contribution >= 4 is 16.0 Å². The van der Waals surface area contributed by atoms with Crippen LogP contribution in [-0.4, -0.2) is 53.1 Å². The van der Waals surface area contributed by atoms with Gasteiger partial charge < -0.3 is 15.5 Å². The summed E-state index contributed by atoms with van der Waals surface area (Å²) in [5.41, 5.74) is 0.0949. The number of rotatable bonds is 7. The summed E-state index contributed by atoms with van der Waals surface area (Å²) in [5.74, 6) is 2.24. The topological polar surface area (TPSA) is 124 Å². The lowest BCUT2D eigenvalue weighted by Crippen LogP contribution is -2.58. The molecule has 202 valence electrons. The third kappa shape index (κ3) is 5.19. The van der Waals surface area contributed by atoms with Gasteiger partial charge >= 0.3 is 0 Å². The van der Waals surface area contributed by atoms with Gasteiger partial charge in [-0.1, -0.05) is 20.8 Å². The molecule has 11 unspecified atom stereocenters. The molecule has 4 aliphatic rings. The zero-order chi connectivity index (χ0) is 25.8. The second-order valence-corrected chi connectivity index (χ2v) is 14.6. The summed E-state index contributed by atoms with van der Waals surface area (Å²) in [4.78, 5) is 12.4. The van der Waals surface area contributed by atoms with Crippen LogP contribution < -0.4 is 5.32 Å². The molecule has 4 N–H and O–H groups in total. The van der Waals surface area contributed by atoms with E-state index in [9.17, 15) is 23.4 Å². The van der Waals surface area contributed by atoms with Crippen molar-refractivity contribution in [3.8, 4) is 0 Å². The molecule has 35 heavy (non-hydrogen) atoms. The monoisotopic (exact) mass is 513 g/mol. The van der Waals surface area contributed by atoms with Gasteiger partial charge in [0.05, 0.1) is 18.0 Å². The summed E-state index contributed by atoms with van der Waals surface area (Å²) in [6.07, 6.45) is 8.89. The number of amides is 1. The van der Waals surface area contributed by atoms with E-state index in [4.69, 9.17) is 4.55 Å². The molecule has 4 fully saturated rings. The highest BCUT2D eigenvalue weighted by molar-refractivity contribution is 7.85. The van der Waals surface area contributed by atoms with Gasteiger partial charge in [0.1, 0.15) is 0 Å². The third-order valence-corrected chi connectivity index (χ3v) is 12.1. The Hall–Kier alpha value is -0.700. The third-order valence-electron chi connectivity index (χ3n) is 11.2. The Labute approximate surface area is 211 Å². The smallest absolute Gasteiger partial charge is 0.266 e. The molecule has 0 aromatic heterocycles. The summed E-state index contributed by atoms with van der Waals surface area (Å²) in [6.45, 7) is 8.52. The van der Waals surface area contributed by atoms with E-state index in [2.05, 4.69) is 26.1 Å². The molecule has 0 heterocycles. The minimum absolute atomic E-state index is 0.132. The summed E-state index contributed by atoms with van der Waals surface area (Å²) >= 11 is 0. The Kier molecular flexibility index (Phi) is 7.72. The summed E-state index contributed by atoms with van der Waals surface area (Å²) in [6, 6.07) is -0.629. The van der Waals surface area contributed by atoms with E-state index >= 15 is 0 Å². The van der Waals surface area contributed by atoms with Crippen molar-refractivity contribution in [1.82, 2.24) is 5.32 Å². The fourth-order valence-electron chi connectivity index (χ4n) is 9.42. The standard InChI is InChI=1S/C27H47NO6S/c1-16(5-10-25(31)28-17(2)15-35(32,33)34)21-8-9-22-20-7-6-18-13-19(29)11-12-26(18,3)23(20)14-24(30)27(21,22)4/h16-24,29-30H,5-15H2,1-4H3,(H,28,31)(H,32,33,34). The second kappa shape index (κ2) is 9.88. The Morgan fingerprint density at radius 3 is 2.43 bits per heavy atom. The van der Waals surface area contributed by atoms with Crippen molar-refractivity contribution in [2.45, 2.75) is 110 Å². The van der Waals surface area contributed by atoms with Gasteiger partial charge in [-0.3, -0.25) is 9.35 Å². The molecule has 4 rings (SSSR count). The second-order valence-electron chi connectivity index (χ2n) is 13.1. The van der Waals surface area contributed by atoms with Gasteiger partial charge in [0.15, 0.2) is 0 Å². The summed E-state index contributed by atoms with van der Waals surface area (Å²) in [5, 5.41) is 24.6. The first kappa shape index (κ1) is 27.3. The van der Waals surface area contributed by atoms with Gasteiger partial charge in [0.2, 0.25) is 5.91 Å². The van der Waals surface area contributed by atoms with Crippen molar-refractivity contribution < 1.29 is 28.0 Å². The van der Waals surface area contributed by atoms with E-state index in [0.717, 1.165) is 38.5 Å². The van der Waals surface area contributed by atoms with Gasteiger partial charge in [-0.25, -0.2) is 0 Å². The van der Waals surface area contributed by atoms with Crippen LogP contribution in [0.4, 0.5) is 0 Å². The predicted molar refractivity (Wildman–Crippen MR) is 135 cm³/mol. The zero-order valence-electron chi connectivity index (χ0n) is 21.9. The van der Waals surface area contributed by atoms with Crippen LogP contribution in [0.15, 0.2) is 0 Å². The molecule has 0 aromatic carbocycles. The highest BCUT2D eigenvalue weighted by Gasteiger charge is 2.63. The minimum Gasteiger partial charge on any atom is -0.393 e. The lowest BCUT2D eigenvalue weighted by atomic mass is 9.43. The Morgan fingerprint density at radius 2 is 1.74 bits per heavy atom. The fourth-order valence-corrected chi connectivity index (χ4v) is 10.1. The lowest BCUT2D eigenvalue weighted by molar-refractivity contribution is -0.174. The van der Waals surface area contributed by atoms with Crippen molar-refractivity contribution in [2.24, 2.45) is 46.3 Å². The van der Waals surface area contributed by atoms with Crippen LogP contribution in [-0.2, 0) is 14.9 Å². The van der Waals surface area contributed by atoms with Crippen LogP contribution >= 0.6 is 0 Å². The number of fused-ring (bicyclic) bond motifs is 5. The maximum atomic E-state index is 12.4. The van der Waals surface area contributed by atoms with Crippen molar-refractivity contribution in [3.05, 3.63) is 0 Å². The van der Waals surface area contributed by atoms with Crippen LogP contribution in [0.25, 0.3) is 0 Å². The summed E-state index contributed by atoms with van der Waals surface area (Å²) < 4.78 is 31.1. The number of hydrogen-bond donors (Lipinski definition) is 4. The normalized spacial score (nSPS) is 45.1. The largest absolute Gasteiger partial charge is 0.393 e. The van der Waals surface area contributed by atoms with Gasteiger partial charge in [0, 0.05) is 12.5 Å². The van der Waals surface area contributed by atoms with Gasteiger partial charge in [0.25, 0.3) is 10.1 Å². The first-order valence-electron chi connectivity index (χ1n) is 13.9. The lowest BCUT2D eigenvalue weighted by Gasteiger charge is -2.62. The van der Waals surface area contributed by atoms with E-state index in [-0.39, 0.29) is 34.9 Å². The van der Waals surface area contributed by atoms with Crippen LogP contribution in [0.3, 0.4) is 0 Å². The molecule has 4 saturated carbocycles. The van der Waals surface area contributed by atoms with E-state index < -0.39 is 21.9 Å². The average molecular weight is 514 g/mol. The number of nitrogens with one attached hydrogen (secondary N) is 1. The predicted octanol–water partition coefficient (Wildman–Crippen LogP) is 3.79. The van der Waals surface area contributed by atoms with Gasteiger partial charge in [-0.05, 0) is 111 Å². The number of carbonyl (C=O) groups excluding carboxylic acids is 1. The van der Waals surface area contributed by atoms with Gasteiger partial charge in [-0.15, -0.1) is 0 Å². The number of aliphatic hydroxyl groups is 2. The molecule has 1 amide bonds. The molecule has 11 atom stereocenters. The maximum absolute atomic E-state index is 12.4. The molecular weight excluding hydrogens is 466 g/mol. The maximum Gasteiger partial charge on any atom is 0.266 e. The molecular formula is C27H47NO6S. The Bertz CT molecular complexity index is 894. The summed E-state index contributed by atoms with van der Waals surface area (Å²) in [7, 11) is -4.12. The highest BCUT2D eigenvalue weighted by Crippen LogP contribution is 2.68. The van der Waals surface area contributed by atoms with Crippen molar-refractivity contribution in [1.29, 1.82) is 0 Å². The fraction of sp³-hybridized carbons (Fsp3) is 0.963. The molecule has 0 spiro atoms.